The van der Waals surface area contributed by atoms with E-state index in [1.165, 1.54) is 17.0 Å². The molecule has 0 bridgehead atoms. The number of hydrogen-bond acceptors (Lipinski definition) is 3. The lowest BCUT2D eigenvalue weighted by molar-refractivity contribution is 0.152. The van der Waals surface area contributed by atoms with Gasteiger partial charge in [0, 0.05) is 23.8 Å². The monoisotopic (exact) mass is 276 g/mol. The highest BCUT2D eigenvalue weighted by Crippen LogP contribution is 2.29. The summed E-state index contributed by atoms with van der Waals surface area (Å²) in [5.74, 6) is -0.448. The molecule has 1 rings (SSSR count). The van der Waals surface area contributed by atoms with E-state index in [1.54, 1.807) is 20.0 Å². The van der Waals surface area contributed by atoms with Crippen LogP contribution in [0.3, 0.4) is 0 Å². The molecule has 0 radical (unpaired) electrons. The maximum absolute atomic E-state index is 13.9. The zero-order valence-electron chi connectivity index (χ0n) is 11.0. The fourth-order valence-corrected chi connectivity index (χ4v) is 1.97. The zero-order chi connectivity index (χ0) is 14.4. The number of rotatable bonds is 7. The number of hydrogen-bond donors (Lipinski definition) is 2. The van der Waals surface area contributed by atoms with Crippen molar-refractivity contribution in [3.8, 4) is 0 Å². The van der Waals surface area contributed by atoms with Crippen LogP contribution in [0.25, 0.3) is 0 Å². The van der Waals surface area contributed by atoms with Crippen LogP contribution in [0.2, 0.25) is 0 Å². The fourth-order valence-electron chi connectivity index (χ4n) is 1.97. The van der Waals surface area contributed by atoms with Gasteiger partial charge in [-0.15, -0.1) is 0 Å². The highest BCUT2D eigenvalue weighted by Gasteiger charge is 2.20. The van der Waals surface area contributed by atoms with E-state index in [2.05, 4.69) is 5.32 Å². The van der Waals surface area contributed by atoms with E-state index in [0.29, 0.717) is 11.3 Å². The Bertz CT molecular complexity index is 401. The Morgan fingerprint density at radius 2 is 2.05 bits per heavy atom. The Morgan fingerprint density at radius 1 is 1.37 bits per heavy atom. The summed E-state index contributed by atoms with van der Waals surface area (Å²) >= 11 is 0. The summed E-state index contributed by atoms with van der Waals surface area (Å²) in [5.41, 5.74) is 0.718. The average Bonchev–Trinajstić information content (AvgIpc) is 2.36. The number of nitrogens with one attached hydrogen (secondary N) is 1. The van der Waals surface area contributed by atoms with Crippen molar-refractivity contribution in [1.29, 1.82) is 0 Å². The first-order valence-electron chi connectivity index (χ1n) is 6.10. The average molecular weight is 276 g/mol. The largest absolute Gasteiger partial charge is 0.395 e. The number of aliphatic hydroxyl groups is 1. The van der Waals surface area contributed by atoms with Crippen LogP contribution in [0.4, 0.5) is 18.9 Å². The summed E-state index contributed by atoms with van der Waals surface area (Å²) in [4.78, 5) is 1.30. The number of nitrogens with zero attached hydrogens (tertiary/aromatic N) is 1. The third-order valence-electron chi connectivity index (χ3n) is 2.96. The van der Waals surface area contributed by atoms with Gasteiger partial charge in [0.2, 0.25) is 0 Å². The summed E-state index contributed by atoms with van der Waals surface area (Å²) < 4.78 is 39.1. The molecule has 1 atom stereocenters. The van der Waals surface area contributed by atoms with Crippen molar-refractivity contribution in [1.82, 2.24) is 5.32 Å². The summed E-state index contributed by atoms with van der Waals surface area (Å²) in [6.45, 7) is 0.989. The molecule has 108 valence electrons. The van der Waals surface area contributed by atoms with Crippen molar-refractivity contribution >= 4 is 5.69 Å². The van der Waals surface area contributed by atoms with Crippen molar-refractivity contribution in [2.24, 2.45) is 0 Å². The first-order valence-corrected chi connectivity index (χ1v) is 6.10. The molecule has 3 nitrogen and oxygen atoms in total. The minimum Gasteiger partial charge on any atom is -0.395 e. The Hall–Kier alpha value is -1.27. The lowest BCUT2D eigenvalue weighted by Gasteiger charge is -2.28. The van der Waals surface area contributed by atoms with Gasteiger partial charge >= 0.3 is 0 Å². The summed E-state index contributed by atoms with van der Waals surface area (Å²) in [7, 11) is 1.67. The van der Waals surface area contributed by atoms with Gasteiger partial charge in [0.1, 0.15) is 5.82 Å². The van der Waals surface area contributed by atoms with Crippen LogP contribution in [0.5, 0.6) is 0 Å². The molecular formula is C13H19F3N2O. The highest BCUT2D eigenvalue weighted by molar-refractivity contribution is 5.55. The van der Waals surface area contributed by atoms with Gasteiger partial charge in [-0.1, -0.05) is 6.07 Å². The van der Waals surface area contributed by atoms with E-state index in [4.69, 9.17) is 5.11 Å². The lowest BCUT2D eigenvalue weighted by atomic mass is 10.0. The topological polar surface area (TPSA) is 35.5 Å². The number of benzene rings is 1. The van der Waals surface area contributed by atoms with Crippen molar-refractivity contribution in [2.45, 2.75) is 19.4 Å². The minimum atomic E-state index is -2.55. The van der Waals surface area contributed by atoms with Gasteiger partial charge in [-0.2, -0.15) is 0 Å². The zero-order valence-corrected chi connectivity index (χ0v) is 11.0. The first kappa shape index (κ1) is 15.8. The van der Waals surface area contributed by atoms with Gasteiger partial charge in [0.15, 0.2) is 0 Å². The molecule has 1 aromatic carbocycles. The molecule has 0 aromatic heterocycles. The molecule has 0 amide bonds. The number of alkyl halides is 2. The van der Waals surface area contributed by atoms with E-state index >= 15 is 0 Å². The summed E-state index contributed by atoms with van der Waals surface area (Å²) in [5, 5.41) is 11.9. The molecule has 0 spiro atoms. The molecule has 0 aliphatic carbocycles. The standard InChI is InChI=1S/C13H19F3N2O/c1-9(17-2)13-10(14)4-3-5-11(13)18(6-7-19)8-12(15)16/h3-5,9,12,17,19H,6-8H2,1-2H3. The van der Waals surface area contributed by atoms with Gasteiger partial charge in [0.05, 0.1) is 13.2 Å². The fraction of sp³-hybridized carbons (Fsp3) is 0.538. The number of anilines is 1. The van der Waals surface area contributed by atoms with Crippen LogP contribution in [-0.4, -0.2) is 38.3 Å². The Morgan fingerprint density at radius 3 is 2.58 bits per heavy atom. The van der Waals surface area contributed by atoms with E-state index in [9.17, 15) is 13.2 Å². The Kier molecular flexibility index (Phi) is 6.11. The normalized spacial score (nSPS) is 12.8. The quantitative estimate of drug-likeness (QED) is 0.801. The smallest absolute Gasteiger partial charge is 0.255 e. The second kappa shape index (κ2) is 7.35. The van der Waals surface area contributed by atoms with Crippen LogP contribution in [0.1, 0.15) is 18.5 Å². The molecule has 1 aromatic rings. The molecule has 6 heteroatoms. The van der Waals surface area contributed by atoms with Crippen LogP contribution in [0, 0.1) is 5.82 Å². The van der Waals surface area contributed by atoms with E-state index in [1.807, 2.05) is 0 Å². The lowest BCUT2D eigenvalue weighted by Crippen LogP contribution is -2.33. The Labute approximate surface area is 111 Å². The molecule has 19 heavy (non-hydrogen) atoms. The van der Waals surface area contributed by atoms with Crippen LogP contribution in [0.15, 0.2) is 18.2 Å². The SMILES string of the molecule is CNC(C)c1c(F)cccc1N(CCO)CC(F)F. The van der Waals surface area contributed by atoms with Gasteiger partial charge in [-0.05, 0) is 26.1 Å². The molecule has 0 saturated carbocycles. The molecule has 0 aliphatic rings. The Balaban J connectivity index is 3.17. The predicted molar refractivity (Wildman–Crippen MR) is 69.2 cm³/mol. The van der Waals surface area contributed by atoms with Crippen LogP contribution < -0.4 is 10.2 Å². The second-order valence-electron chi connectivity index (χ2n) is 4.24. The van der Waals surface area contributed by atoms with Gasteiger partial charge in [-0.3, -0.25) is 0 Å². The molecular weight excluding hydrogens is 257 g/mol. The minimum absolute atomic E-state index is 0.0389. The van der Waals surface area contributed by atoms with Crippen molar-refractivity contribution in [2.75, 3.05) is 31.6 Å². The van der Waals surface area contributed by atoms with E-state index < -0.39 is 18.8 Å². The summed E-state index contributed by atoms with van der Waals surface area (Å²) in [6, 6.07) is 4.05. The van der Waals surface area contributed by atoms with Crippen molar-refractivity contribution in [3.63, 3.8) is 0 Å². The number of aliphatic hydroxyl groups excluding tert-OH is 1. The second-order valence-corrected chi connectivity index (χ2v) is 4.24. The molecule has 0 saturated heterocycles. The third-order valence-corrected chi connectivity index (χ3v) is 2.96. The highest BCUT2D eigenvalue weighted by atomic mass is 19.3. The molecule has 0 aliphatic heterocycles. The van der Waals surface area contributed by atoms with Crippen LogP contribution in [-0.2, 0) is 0 Å². The maximum atomic E-state index is 13.9. The first-order chi connectivity index (χ1) is 9.01. The number of halogens is 3. The van der Waals surface area contributed by atoms with Gasteiger partial charge in [0.25, 0.3) is 6.43 Å². The molecule has 0 fully saturated rings. The van der Waals surface area contributed by atoms with Crippen molar-refractivity contribution < 1.29 is 18.3 Å². The molecule has 0 heterocycles. The predicted octanol–water partition coefficient (Wildman–Crippen LogP) is 2.17. The van der Waals surface area contributed by atoms with Gasteiger partial charge < -0.3 is 15.3 Å². The molecule has 2 N–H and O–H groups in total. The van der Waals surface area contributed by atoms with Crippen LogP contribution >= 0.6 is 0 Å². The maximum Gasteiger partial charge on any atom is 0.255 e. The molecule has 1 unspecified atom stereocenters. The van der Waals surface area contributed by atoms with Gasteiger partial charge in [-0.25, -0.2) is 13.2 Å². The summed E-state index contributed by atoms with van der Waals surface area (Å²) in [6.07, 6.45) is -2.55. The van der Waals surface area contributed by atoms with E-state index in [0.717, 1.165) is 0 Å². The van der Waals surface area contributed by atoms with Crippen molar-refractivity contribution in [3.05, 3.63) is 29.6 Å². The third kappa shape index (κ3) is 4.11. The van der Waals surface area contributed by atoms with E-state index in [-0.39, 0.29) is 19.2 Å².